The molecule has 0 spiro atoms. The fourth-order valence-corrected chi connectivity index (χ4v) is 1.93. The number of aromatic nitrogens is 3. The quantitative estimate of drug-likeness (QED) is 0.778. The molecule has 0 saturated heterocycles. The summed E-state index contributed by atoms with van der Waals surface area (Å²) >= 11 is 0. The van der Waals surface area contributed by atoms with Crippen LogP contribution in [0.4, 0.5) is 0 Å². The van der Waals surface area contributed by atoms with Gasteiger partial charge in [-0.05, 0) is 17.2 Å². The van der Waals surface area contributed by atoms with Gasteiger partial charge >= 0.3 is 0 Å². The highest BCUT2D eigenvalue weighted by Gasteiger charge is 2.16. The van der Waals surface area contributed by atoms with Gasteiger partial charge in [0.1, 0.15) is 11.4 Å². The van der Waals surface area contributed by atoms with Gasteiger partial charge in [0.25, 0.3) is 0 Å². The van der Waals surface area contributed by atoms with E-state index in [0.717, 1.165) is 30.0 Å². The number of H-pyrrole nitrogens is 1. The molecule has 1 unspecified atom stereocenters. The van der Waals surface area contributed by atoms with E-state index in [1.54, 1.807) is 6.20 Å². The van der Waals surface area contributed by atoms with Crippen molar-refractivity contribution in [2.75, 3.05) is 6.61 Å². The van der Waals surface area contributed by atoms with E-state index in [0.29, 0.717) is 0 Å². The molecule has 0 saturated carbocycles. The Bertz CT molecular complexity index is 495. The van der Waals surface area contributed by atoms with Gasteiger partial charge in [0, 0.05) is 6.42 Å². The van der Waals surface area contributed by atoms with Crippen LogP contribution in [0.5, 0.6) is 5.75 Å². The molecule has 1 aliphatic heterocycles. The highest BCUT2D eigenvalue weighted by atomic mass is 16.5. The van der Waals surface area contributed by atoms with E-state index < -0.39 is 0 Å². The van der Waals surface area contributed by atoms with Crippen LogP contribution in [0.15, 0.2) is 24.4 Å². The summed E-state index contributed by atoms with van der Waals surface area (Å²) < 4.78 is 5.45. The van der Waals surface area contributed by atoms with Crippen molar-refractivity contribution in [1.82, 2.24) is 15.4 Å². The van der Waals surface area contributed by atoms with E-state index in [1.165, 1.54) is 5.56 Å². The van der Waals surface area contributed by atoms with Crippen LogP contribution in [0.1, 0.15) is 22.9 Å². The number of fused-ring (bicyclic) bond motifs is 1. The molecule has 0 fully saturated rings. The molecule has 16 heavy (non-hydrogen) atoms. The highest BCUT2D eigenvalue weighted by molar-refractivity contribution is 5.42. The molecule has 5 heteroatoms. The standard InChI is InChI=1S/C11H12N4O/c12-11(9-6-13-15-14-9)8-1-2-10-7(5-8)3-4-16-10/h1-2,5-6,11H,3-4,12H2,(H,13,14,15). The second-order valence-corrected chi connectivity index (χ2v) is 3.84. The Morgan fingerprint density at radius 3 is 3.19 bits per heavy atom. The molecular formula is C11H12N4O. The minimum absolute atomic E-state index is 0.232. The number of nitrogens with one attached hydrogen (secondary N) is 1. The van der Waals surface area contributed by atoms with Gasteiger partial charge in [0.05, 0.1) is 18.8 Å². The van der Waals surface area contributed by atoms with Crippen molar-refractivity contribution in [2.45, 2.75) is 12.5 Å². The minimum atomic E-state index is -0.232. The van der Waals surface area contributed by atoms with Crippen molar-refractivity contribution in [3.63, 3.8) is 0 Å². The van der Waals surface area contributed by atoms with Crippen LogP contribution in [0.25, 0.3) is 0 Å². The Morgan fingerprint density at radius 1 is 1.44 bits per heavy atom. The molecule has 82 valence electrons. The summed E-state index contributed by atoms with van der Waals surface area (Å²) in [6, 6.07) is 5.80. The lowest BCUT2D eigenvalue weighted by atomic mass is 10.0. The van der Waals surface area contributed by atoms with Crippen molar-refractivity contribution >= 4 is 0 Å². The molecule has 3 rings (SSSR count). The number of hydrogen-bond acceptors (Lipinski definition) is 4. The summed E-state index contributed by atoms with van der Waals surface area (Å²) in [5.74, 6) is 0.969. The fraction of sp³-hybridized carbons (Fsp3) is 0.273. The topological polar surface area (TPSA) is 76.8 Å². The van der Waals surface area contributed by atoms with Gasteiger partial charge in [-0.15, -0.1) is 0 Å². The van der Waals surface area contributed by atoms with Crippen LogP contribution in [-0.4, -0.2) is 22.0 Å². The lowest BCUT2D eigenvalue weighted by Gasteiger charge is -2.09. The van der Waals surface area contributed by atoms with Gasteiger partial charge < -0.3 is 10.5 Å². The highest BCUT2D eigenvalue weighted by Crippen LogP contribution is 2.28. The molecule has 1 aromatic carbocycles. The van der Waals surface area contributed by atoms with E-state index >= 15 is 0 Å². The summed E-state index contributed by atoms with van der Waals surface area (Å²) in [5, 5.41) is 10.3. The van der Waals surface area contributed by atoms with Crippen LogP contribution in [0.2, 0.25) is 0 Å². The second-order valence-electron chi connectivity index (χ2n) is 3.84. The molecule has 0 amide bonds. The largest absolute Gasteiger partial charge is 0.493 e. The first kappa shape index (κ1) is 9.35. The molecule has 1 atom stereocenters. The van der Waals surface area contributed by atoms with E-state index in [4.69, 9.17) is 10.5 Å². The maximum Gasteiger partial charge on any atom is 0.122 e. The number of nitrogens with zero attached hydrogens (tertiary/aromatic N) is 2. The predicted octanol–water partition coefficient (Wildman–Crippen LogP) is 0.788. The fourth-order valence-electron chi connectivity index (χ4n) is 1.93. The van der Waals surface area contributed by atoms with Gasteiger partial charge in [0.15, 0.2) is 0 Å². The molecule has 2 aromatic rings. The first-order valence-electron chi connectivity index (χ1n) is 5.21. The van der Waals surface area contributed by atoms with Gasteiger partial charge in [-0.3, -0.25) is 0 Å². The number of rotatable bonds is 2. The van der Waals surface area contributed by atoms with Crippen LogP contribution < -0.4 is 10.5 Å². The lowest BCUT2D eigenvalue weighted by Crippen LogP contribution is -2.12. The molecule has 0 aliphatic carbocycles. The Morgan fingerprint density at radius 2 is 2.38 bits per heavy atom. The number of benzene rings is 1. The van der Waals surface area contributed by atoms with Crippen molar-refractivity contribution in [2.24, 2.45) is 5.73 Å². The van der Waals surface area contributed by atoms with Crippen molar-refractivity contribution < 1.29 is 4.74 Å². The average molecular weight is 216 g/mol. The van der Waals surface area contributed by atoms with E-state index in [1.807, 2.05) is 12.1 Å². The third kappa shape index (κ3) is 1.45. The molecule has 1 aromatic heterocycles. The summed E-state index contributed by atoms with van der Waals surface area (Å²) in [7, 11) is 0. The van der Waals surface area contributed by atoms with Gasteiger partial charge in [0.2, 0.25) is 0 Å². The molecule has 2 heterocycles. The zero-order chi connectivity index (χ0) is 11.0. The van der Waals surface area contributed by atoms with Crippen molar-refractivity contribution in [1.29, 1.82) is 0 Å². The Hall–Kier alpha value is -1.88. The summed E-state index contributed by atoms with van der Waals surface area (Å²) in [4.78, 5) is 0. The Balaban J connectivity index is 1.95. The maximum atomic E-state index is 6.09. The van der Waals surface area contributed by atoms with E-state index in [2.05, 4.69) is 21.5 Å². The predicted molar refractivity (Wildman–Crippen MR) is 58.1 cm³/mol. The molecular weight excluding hydrogens is 204 g/mol. The molecule has 5 nitrogen and oxygen atoms in total. The lowest BCUT2D eigenvalue weighted by molar-refractivity contribution is 0.357. The minimum Gasteiger partial charge on any atom is -0.493 e. The molecule has 0 radical (unpaired) electrons. The molecule has 0 bridgehead atoms. The van der Waals surface area contributed by atoms with Crippen LogP contribution in [0, 0.1) is 0 Å². The number of aromatic amines is 1. The third-order valence-electron chi connectivity index (χ3n) is 2.82. The summed E-state index contributed by atoms with van der Waals surface area (Å²) in [5.41, 5.74) is 9.10. The van der Waals surface area contributed by atoms with Gasteiger partial charge in [-0.2, -0.15) is 15.4 Å². The molecule has 1 aliphatic rings. The zero-order valence-electron chi connectivity index (χ0n) is 8.68. The SMILES string of the molecule is NC(c1ccc2c(c1)CCO2)c1cn[nH]n1. The maximum absolute atomic E-state index is 6.09. The second kappa shape index (κ2) is 3.61. The van der Waals surface area contributed by atoms with Crippen molar-refractivity contribution in [3.05, 3.63) is 41.2 Å². The Kier molecular flexibility index (Phi) is 2.11. The number of hydrogen-bond donors (Lipinski definition) is 2. The zero-order valence-corrected chi connectivity index (χ0v) is 8.68. The molecule has 3 N–H and O–H groups in total. The summed E-state index contributed by atoms with van der Waals surface area (Å²) in [6.45, 7) is 0.762. The first-order valence-corrected chi connectivity index (χ1v) is 5.21. The van der Waals surface area contributed by atoms with Gasteiger partial charge in [-0.25, -0.2) is 0 Å². The van der Waals surface area contributed by atoms with Crippen LogP contribution in [-0.2, 0) is 6.42 Å². The third-order valence-corrected chi connectivity index (χ3v) is 2.82. The normalized spacial score (nSPS) is 15.6. The number of ether oxygens (including phenoxy) is 1. The summed E-state index contributed by atoms with van der Waals surface area (Å²) in [6.07, 6.45) is 2.60. The monoisotopic (exact) mass is 216 g/mol. The first-order chi connectivity index (χ1) is 7.84. The van der Waals surface area contributed by atoms with Crippen LogP contribution in [0.3, 0.4) is 0 Å². The Labute approximate surface area is 92.6 Å². The van der Waals surface area contributed by atoms with E-state index in [-0.39, 0.29) is 6.04 Å². The van der Waals surface area contributed by atoms with Gasteiger partial charge in [-0.1, -0.05) is 12.1 Å². The number of nitrogens with two attached hydrogens (primary N) is 1. The average Bonchev–Trinajstić information content (AvgIpc) is 2.98. The van der Waals surface area contributed by atoms with Crippen LogP contribution >= 0.6 is 0 Å². The van der Waals surface area contributed by atoms with E-state index in [9.17, 15) is 0 Å². The smallest absolute Gasteiger partial charge is 0.122 e. The van der Waals surface area contributed by atoms with Crippen molar-refractivity contribution in [3.8, 4) is 5.75 Å².